The minimum atomic E-state index is 0.676. The van der Waals surface area contributed by atoms with Gasteiger partial charge in [-0.2, -0.15) is 5.26 Å². The van der Waals surface area contributed by atoms with E-state index in [-0.39, 0.29) is 0 Å². The largest absolute Gasteiger partial charge is 0.378 e. The Labute approximate surface area is 153 Å². The monoisotopic (exact) mass is 345 g/mol. The molecule has 4 heteroatoms. The SMILES string of the molecule is CN(C)c1ccc(NSc2cccc(-c3cccc(C#N)c3)c2)cc1. The Morgan fingerprint density at radius 3 is 2.24 bits per heavy atom. The van der Waals surface area contributed by atoms with Crippen molar-refractivity contribution >= 4 is 23.3 Å². The highest BCUT2D eigenvalue weighted by Gasteiger charge is 2.02. The highest BCUT2D eigenvalue weighted by Crippen LogP contribution is 2.27. The summed E-state index contributed by atoms with van der Waals surface area (Å²) in [4.78, 5) is 3.20. The summed E-state index contributed by atoms with van der Waals surface area (Å²) in [7, 11) is 4.06. The second-order valence-corrected chi connectivity index (χ2v) is 6.75. The maximum Gasteiger partial charge on any atom is 0.0991 e. The highest BCUT2D eigenvalue weighted by molar-refractivity contribution is 8.00. The summed E-state index contributed by atoms with van der Waals surface area (Å²) in [6.07, 6.45) is 0. The number of rotatable bonds is 5. The van der Waals surface area contributed by atoms with Gasteiger partial charge in [0.1, 0.15) is 0 Å². The summed E-state index contributed by atoms with van der Waals surface area (Å²) < 4.78 is 3.37. The molecule has 0 saturated heterocycles. The third-order valence-corrected chi connectivity index (χ3v) is 4.66. The lowest BCUT2D eigenvalue weighted by atomic mass is 10.0. The normalized spacial score (nSPS) is 10.1. The molecule has 0 heterocycles. The van der Waals surface area contributed by atoms with Crippen LogP contribution in [0.1, 0.15) is 5.56 Å². The third-order valence-electron chi connectivity index (χ3n) is 3.83. The van der Waals surface area contributed by atoms with Crippen LogP contribution < -0.4 is 9.62 Å². The molecule has 124 valence electrons. The molecule has 0 fully saturated rings. The highest BCUT2D eigenvalue weighted by atomic mass is 32.2. The maximum atomic E-state index is 9.06. The predicted molar refractivity (Wildman–Crippen MR) is 107 cm³/mol. The van der Waals surface area contributed by atoms with Gasteiger partial charge >= 0.3 is 0 Å². The van der Waals surface area contributed by atoms with Crippen LogP contribution in [0.15, 0.2) is 77.7 Å². The Kier molecular flexibility index (Phi) is 5.27. The lowest BCUT2D eigenvalue weighted by molar-refractivity contribution is 1.13. The molecule has 0 aliphatic heterocycles. The van der Waals surface area contributed by atoms with Gasteiger partial charge in [-0.1, -0.05) is 24.3 Å². The quantitative estimate of drug-likeness (QED) is 0.628. The van der Waals surface area contributed by atoms with Crippen LogP contribution in [-0.4, -0.2) is 14.1 Å². The standard InChI is InChI=1S/C21H19N3S/c1-24(2)20-11-9-19(10-12-20)23-25-21-8-4-7-18(14-21)17-6-3-5-16(13-17)15-22/h3-14,23H,1-2H3. The molecule has 0 saturated carbocycles. The van der Waals surface area contributed by atoms with Gasteiger partial charge in [0, 0.05) is 30.4 Å². The van der Waals surface area contributed by atoms with Crippen molar-refractivity contribution in [2.45, 2.75) is 4.90 Å². The molecule has 0 aliphatic carbocycles. The Morgan fingerprint density at radius 2 is 1.56 bits per heavy atom. The molecular weight excluding hydrogens is 326 g/mol. The molecule has 0 unspecified atom stereocenters. The van der Waals surface area contributed by atoms with E-state index >= 15 is 0 Å². The number of benzene rings is 3. The van der Waals surface area contributed by atoms with E-state index in [2.05, 4.69) is 58.2 Å². The maximum absolute atomic E-state index is 9.06. The Morgan fingerprint density at radius 1 is 0.880 bits per heavy atom. The predicted octanol–water partition coefficient (Wildman–Crippen LogP) is 5.41. The van der Waals surface area contributed by atoms with E-state index in [1.165, 1.54) is 5.69 Å². The van der Waals surface area contributed by atoms with Crippen molar-refractivity contribution in [1.29, 1.82) is 5.26 Å². The van der Waals surface area contributed by atoms with E-state index < -0.39 is 0 Å². The first-order valence-corrected chi connectivity index (χ1v) is 8.78. The van der Waals surface area contributed by atoms with Crippen molar-refractivity contribution in [1.82, 2.24) is 0 Å². The van der Waals surface area contributed by atoms with Gasteiger partial charge in [0.05, 0.1) is 11.6 Å². The van der Waals surface area contributed by atoms with E-state index in [1.54, 1.807) is 11.9 Å². The van der Waals surface area contributed by atoms with E-state index in [9.17, 15) is 0 Å². The van der Waals surface area contributed by atoms with E-state index in [1.807, 2.05) is 44.4 Å². The molecule has 0 aromatic heterocycles. The van der Waals surface area contributed by atoms with Crippen molar-refractivity contribution < 1.29 is 0 Å². The lowest BCUT2D eigenvalue weighted by Gasteiger charge is -2.13. The van der Waals surface area contributed by atoms with Crippen molar-refractivity contribution in [2.75, 3.05) is 23.7 Å². The second-order valence-electron chi connectivity index (χ2n) is 5.87. The molecule has 0 bridgehead atoms. The number of hydrogen-bond donors (Lipinski definition) is 1. The molecule has 0 spiro atoms. The van der Waals surface area contributed by atoms with Gasteiger partial charge in [-0.3, -0.25) is 0 Å². The molecule has 3 nitrogen and oxygen atoms in total. The average molecular weight is 345 g/mol. The lowest BCUT2D eigenvalue weighted by Crippen LogP contribution is -2.07. The second kappa shape index (κ2) is 7.78. The zero-order valence-electron chi connectivity index (χ0n) is 14.2. The van der Waals surface area contributed by atoms with Crippen LogP contribution in [0.5, 0.6) is 0 Å². The van der Waals surface area contributed by atoms with Crippen LogP contribution in [0.25, 0.3) is 11.1 Å². The summed E-state index contributed by atoms with van der Waals surface area (Å²) in [6.45, 7) is 0. The molecule has 3 aromatic rings. The van der Waals surface area contributed by atoms with Crippen molar-refractivity contribution in [3.05, 3.63) is 78.4 Å². The van der Waals surface area contributed by atoms with Crippen LogP contribution in [0.2, 0.25) is 0 Å². The summed E-state index contributed by atoms with van der Waals surface area (Å²) in [5, 5.41) is 9.06. The Balaban J connectivity index is 1.72. The number of nitrogens with one attached hydrogen (secondary N) is 1. The number of nitrogens with zero attached hydrogens (tertiary/aromatic N) is 2. The van der Waals surface area contributed by atoms with Crippen molar-refractivity contribution in [3.8, 4) is 17.2 Å². The van der Waals surface area contributed by atoms with Crippen LogP contribution in [0.3, 0.4) is 0 Å². The van der Waals surface area contributed by atoms with Gasteiger partial charge in [-0.05, 0) is 71.6 Å². The van der Waals surface area contributed by atoms with Crippen LogP contribution in [-0.2, 0) is 0 Å². The molecule has 0 aliphatic rings. The smallest absolute Gasteiger partial charge is 0.0991 e. The van der Waals surface area contributed by atoms with Gasteiger partial charge in [-0.25, -0.2) is 0 Å². The van der Waals surface area contributed by atoms with E-state index in [4.69, 9.17) is 5.26 Å². The first-order chi connectivity index (χ1) is 12.2. The van der Waals surface area contributed by atoms with Gasteiger partial charge in [0.2, 0.25) is 0 Å². The Bertz CT molecular complexity index is 896. The molecule has 0 atom stereocenters. The van der Waals surface area contributed by atoms with Gasteiger partial charge in [0.15, 0.2) is 0 Å². The fourth-order valence-corrected chi connectivity index (χ4v) is 3.16. The van der Waals surface area contributed by atoms with Gasteiger partial charge in [0.25, 0.3) is 0 Å². The van der Waals surface area contributed by atoms with E-state index in [0.29, 0.717) is 5.56 Å². The van der Waals surface area contributed by atoms with Gasteiger partial charge < -0.3 is 9.62 Å². The van der Waals surface area contributed by atoms with Crippen molar-refractivity contribution in [3.63, 3.8) is 0 Å². The molecule has 0 amide bonds. The fraction of sp³-hybridized carbons (Fsp3) is 0.0952. The number of anilines is 2. The first-order valence-electron chi connectivity index (χ1n) is 7.96. The first kappa shape index (κ1) is 16.9. The van der Waals surface area contributed by atoms with E-state index in [0.717, 1.165) is 21.7 Å². The third kappa shape index (κ3) is 4.34. The van der Waals surface area contributed by atoms with Crippen LogP contribution >= 0.6 is 11.9 Å². The molecule has 25 heavy (non-hydrogen) atoms. The van der Waals surface area contributed by atoms with Crippen molar-refractivity contribution in [2.24, 2.45) is 0 Å². The van der Waals surface area contributed by atoms with Gasteiger partial charge in [-0.15, -0.1) is 0 Å². The summed E-state index contributed by atoms with van der Waals surface area (Å²) in [5.41, 5.74) is 5.07. The zero-order chi connectivity index (χ0) is 17.6. The topological polar surface area (TPSA) is 39.1 Å². The molecule has 1 N–H and O–H groups in total. The number of hydrogen-bond acceptors (Lipinski definition) is 4. The molecule has 3 rings (SSSR count). The van der Waals surface area contributed by atoms with Crippen LogP contribution in [0.4, 0.5) is 11.4 Å². The fourth-order valence-electron chi connectivity index (χ4n) is 2.45. The Hall–Kier alpha value is -2.90. The summed E-state index contributed by atoms with van der Waals surface area (Å²) in [5.74, 6) is 0. The zero-order valence-corrected chi connectivity index (χ0v) is 15.0. The molecule has 3 aromatic carbocycles. The average Bonchev–Trinajstić information content (AvgIpc) is 2.67. The molecule has 0 radical (unpaired) electrons. The minimum absolute atomic E-state index is 0.676. The minimum Gasteiger partial charge on any atom is -0.378 e. The number of nitriles is 1. The molecular formula is C21H19N3S. The summed E-state index contributed by atoms with van der Waals surface area (Å²) >= 11 is 1.58. The summed E-state index contributed by atoms with van der Waals surface area (Å²) in [6, 6.07) is 26.5. The van der Waals surface area contributed by atoms with Crippen LogP contribution in [0, 0.1) is 11.3 Å².